The summed E-state index contributed by atoms with van der Waals surface area (Å²) in [5.74, 6) is -0.000818. The normalized spacial score (nSPS) is 9.00. The molecule has 1 amide bonds. The van der Waals surface area contributed by atoms with Gasteiger partial charge in [0.05, 0.1) is 0 Å². The predicted octanol–water partition coefficient (Wildman–Crippen LogP) is 2.07. The van der Waals surface area contributed by atoms with Crippen molar-refractivity contribution in [2.45, 2.75) is 3.93 Å². The van der Waals surface area contributed by atoms with Crippen LogP contribution in [0.15, 0.2) is 30.3 Å². The molecular weight excluding hydrogens is 374 g/mol. The molecule has 0 fully saturated rings. The van der Waals surface area contributed by atoms with Gasteiger partial charge in [-0.2, -0.15) is 0 Å². The average Bonchev–Trinajstić information content (AvgIpc) is 2.19. The Labute approximate surface area is 93.5 Å². The number of nitrogens with one attached hydrogen (secondary N) is 1. The molecule has 1 N–H and O–H groups in total. The second kappa shape index (κ2) is 6.38. The maximum absolute atomic E-state index is 11.4. The van der Waals surface area contributed by atoms with Gasteiger partial charge in [0.25, 0.3) is 0 Å². The van der Waals surface area contributed by atoms with E-state index in [1.807, 2.05) is 18.2 Å². The molecule has 0 saturated heterocycles. The van der Waals surface area contributed by atoms with Crippen LogP contribution in [0.5, 0.6) is 0 Å². The van der Waals surface area contributed by atoms with E-state index in [4.69, 9.17) is 8.25 Å². The standard InChI is InChI=1S/C9H10NO.ClH.Hg/c1-2-10-9(11)8-6-4-3-5-7-8;;/h3-7H,1-2H2,(H,10,11);1H;/q;;+1/p-1. The summed E-state index contributed by atoms with van der Waals surface area (Å²) < 4.78 is 1.03. The van der Waals surface area contributed by atoms with Gasteiger partial charge in [0.1, 0.15) is 0 Å². The molecule has 0 bridgehead atoms. The molecule has 13 heavy (non-hydrogen) atoms. The Hall–Kier alpha value is -0.0849. The van der Waals surface area contributed by atoms with Gasteiger partial charge in [0, 0.05) is 0 Å². The zero-order valence-electron chi connectivity index (χ0n) is 7.29. The first kappa shape index (κ1) is 11.0. The monoisotopic (exact) mass is 385 g/mol. The van der Waals surface area contributed by atoms with Crippen LogP contribution >= 0.6 is 8.25 Å². The number of hydrogen-bond donors (Lipinski definition) is 1. The summed E-state index contributed by atoms with van der Waals surface area (Å²) in [6.07, 6.45) is 0. The molecule has 0 aliphatic rings. The van der Waals surface area contributed by atoms with Crippen LogP contribution in [-0.2, 0) is 23.3 Å². The number of halogens is 1. The Morgan fingerprint density at radius 1 is 1.38 bits per heavy atom. The number of amides is 1. The van der Waals surface area contributed by atoms with Gasteiger partial charge in [0.2, 0.25) is 0 Å². The van der Waals surface area contributed by atoms with Crippen molar-refractivity contribution in [3.05, 3.63) is 35.9 Å². The minimum absolute atomic E-state index is 0.000818. The molecule has 1 rings (SSSR count). The van der Waals surface area contributed by atoms with E-state index in [0.29, 0.717) is 5.56 Å². The van der Waals surface area contributed by atoms with Crippen molar-refractivity contribution in [2.24, 2.45) is 0 Å². The second-order valence-corrected chi connectivity index (χ2v) is 10.2. The van der Waals surface area contributed by atoms with Gasteiger partial charge in [-0.25, -0.2) is 0 Å². The minimum atomic E-state index is -1.07. The van der Waals surface area contributed by atoms with Crippen LogP contribution in [-0.4, -0.2) is 12.5 Å². The summed E-state index contributed by atoms with van der Waals surface area (Å²) in [5.41, 5.74) is 0.716. The summed E-state index contributed by atoms with van der Waals surface area (Å²) in [7, 11) is 5.70. The molecule has 0 atom stereocenters. The van der Waals surface area contributed by atoms with E-state index in [1.54, 1.807) is 12.1 Å². The number of benzene rings is 1. The maximum atomic E-state index is 11.4. The first-order valence-corrected chi connectivity index (χ1v) is 14.9. The average molecular weight is 384 g/mol. The molecule has 1 aromatic rings. The molecule has 66 valence electrons. The summed E-state index contributed by atoms with van der Waals surface area (Å²) in [5, 5.41) is 2.83. The number of carbonyl (C=O) groups excluding carboxylic acids is 1. The van der Waals surface area contributed by atoms with Gasteiger partial charge in [-0.3, -0.25) is 0 Å². The number of carbonyl (C=O) groups is 1. The molecule has 4 heteroatoms. The third-order valence-electron chi connectivity index (χ3n) is 1.63. The summed E-state index contributed by atoms with van der Waals surface area (Å²) in [6, 6.07) is 9.22. The fourth-order valence-electron chi connectivity index (χ4n) is 0.960. The molecular formula is C9H10ClHgNO. The fourth-order valence-corrected chi connectivity index (χ4v) is 3.34. The Morgan fingerprint density at radius 3 is 2.69 bits per heavy atom. The second-order valence-electron chi connectivity index (χ2n) is 2.66. The Bertz CT molecular complexity index is 266. The van der Waals surface area contributed by atoms with Gasteiger partial charge >= 0.3 is 94.0 Å². The Morgan fingerprint density at radius 2 is 2.08 bits per heavy atom. The predicted molar refractivity (Wildman–Crippen MR) is 49.4 cm³/mol. The number of hydrogen-bond acceptors (Lipinski definition) is 1. The molecule has 0 unspecified atom stereocenters. The van der Waals surface area contributed by atoms with E-state index in [9.17, 15) is 4.79 Å². The molecule has 0 aliphatic carbocycles. The zero-order chi connectivity index (χ0) is 9.52. The summed E-state index contributed by atoms with van der Waals surface area (Å²) in [4.78, 5) is 11.4. The molecule has 0 heterocycles. The van der Waals surface area contributed by atoms with Crippen molar-refractivity contribution < 1.29 is 28.1 Å². The van der Waals surface area contributed by atoms with E-state index in [2.05, 4.69) is 5.32 Å². The van der Waals surface area contributed by atoms with E-state index < -0.39 is 23.3 Å². The Kier molecular flexibility index (Phi) is 5.40. The fraction of sp³-hybridized carbons (Fsp3) is 0.222. The van der Waals surface area contributed by atoms with Crippen LogP contribution in [0.3, 0.4) is 0 Å². The van der Waals surface area contributed by atoms with Crippen molar-refractivity contribution in [3.8, 4) is 0 Å². The summed E-state index contributed by atoms with van der Waals surface area (Å²) >= 11 is -1.07. The van der Waals surface area contributed by atoms with E-state index in [-0.39, 0.29) is 5.91 Å². The third-order valence-corrected chi connectivity index (χ3v) is 6.39. The summed E-state index contributed by atoms with van der Waals surface area (Å²) in [6.45, 7) is 0.735. The van der Waals surface area contributed by atoms with Crippen molar-refractivity contribution in [2.75, 3.05) is 6.54 Å². The Balaban J connectivity index is 2.40. The molecule has 0 spiro atoms. The van der Waals surface area contributed by atoms with Gasteiger partial charge < -0.3 is 0 Å². The first-order chi connectivity index (χ1) is 6.34. The first-order valence-electron chi connectivity index (χ1n) is 4.24. The molecule has 1 aromatic carbocycles. The number of rotatable bonds is 4. The van der Waals surface area contributed by atoms with Crippen LogP contribution in [0.25, 0.3) is 0 Å². The van der Waals surface area contributed by atoms with E-state index in [1.165, 1.54) is 0 Å². The topological polar surface area (TPSA) is 29.1 Å². The van der Waals surface area contributed by atoms with Gasteiger partial charge in [-0.15, -0.1) is 0 Å². The molecule has 0 radical (unpaired) electrons. The van der Waals surface area contributed by atoms with Gasteiger partial charge in [-0.05, 0) is 0 Å². The van der Waals surface area contributed by atoms with Crippen LogP contribution in [0.4, 0.5) is 0 Å². The van der Waals surface area contributed by atoms with Crippen molar-refractivity contribution in [1.29, 1.82) is 0 Å². The molecule has 0 saturated carbocycles. The van der Waals surface area contributed by atoms with Crippen molar-refractivity contribution in [3.63, 3.8) is 0 Å². The zero-order valence-corrected chi connectivity index (χ0v) is 13.5. The van der Waals surface area contributed by atoms with Crippen molar-refractivity contribution in [1.82, 2.24) is 5.32 Å². The molecule has 0 aromatic heterocycles. The van der Waals surface area contributed by atoms with Gasteiger partial charge in [-0.1, -0.05) is 0 Å². The van der Waals surface area contributed by atoms with Gasteiger partial charge in [0.15, 0.2) is 0 Å². The molecule has 0 aliphatic heterocycles. The van der Waals surface area contributed by atoms with Crippen LogP contribution < -0.4 is 5.32 Å². The van der Waals surface area contributed by atoms with Crippen LogP contribution in [0.2, 0.25) is 3.93 Å². The van der Waals surface area contributed by atoms with Crippen molar-refractivity contribution >= 4 is 14.2 Å². The SMILES string of the molecule is O=C(NC[CH2][Hg][Cl])c1ccccc1. The van der Waals surface area contributed by atoms with Crippen LogP contribution in [0, 0.1) is 0 Å². The van der Waals surface area contributed by atoms with Crippen LogP contribution in [0.1, 0.15) is 10.4 Å². The van der Waals surface area contributed by atoms with E-state index >= 15 is 0 Å². The third kappa shape index (κ3) is 4.09. The molecule has 2 nitrogen and oxygen atoms in total. The van der Waals surface area contributed by atoms with E-state index in [0.717, 1.165) is 10.5 Å². The quantitative estimate of drug-likeness (QED) is 0.625.